The fourth-order valence-electron chi connectivity index (χ4n) is 12.5. The van der Waals surface area contributed by atoms with Gasteiger partial charge in [-0.05, 0) is 103 Å². The standard InChI is InChI=1S/C66H73Cl2N9O26/c1-23(2)12-35(77(5)76-97)58(88)74-49-51(83)26-7-10-38(32(67)14-26)99-40-16-28-17-41(55(40)103-65-56(54(86)53(85)42(22-78)101-65)102-44-21-66(4,69)57(87)24(3)98-44)100-39-11-8-27(15-33(39)68)52(84)50-62(92)73-48(64(95)96)31-18-29(79)19-37(81)45(31)30-13-25(6-9-36(30)80)46(59(89)75-50)72-60(90)47(28)71-43(82)20-34(63(93)94)70-61(49)91/h6-11,13-19,23-24,34-35,42,44,46-54,56-57,65,78-81,83-87H,12,20-22,69H2,1-5H3,(H,70,91)(H,71,82)(H,72,90)(H,73,92)(H,74,88)(H,75,89)(H,93,94)(H,95,96)/t24-,34-,35+,42-,44-,46+,47+,48+,49+,50-,51+,52+,53+,54+,56-,57+,65+,66-/m0/s1. The van der Waals surface area contributed by atoms with Crippen LogP contribution in [0.4, 0.5) is 0 Å². The quantitative estimate of drug-likeness (QED) is 0.0580. The van der Waals surface area contributed by atoms with Crippen molar-refractivity contribution in [3.63, 3.8) is 0 Å². The highest BCUT2D eigenvalue weighted by Gasteiger charge is 2.52. The number of carbonyl (C=O) groups is 8. The summed E-state index contributed by atoms with van der Waals surface area (Å²) in [5.41, 5.74) is 2.01. The molecule has 2 saturated heterocycles. The summed E-state index contributed by atoms with van der Waals surface area (Å²) in [6, 6.07) is -1.96. The monoisotopic (exact) mass is 1480 g/mol. The molecule has 18 atom stereocenters. The summed E-state index contributed by atoms with van der Waals surface area (Å²) >= 11 is 14.1. The summed E-state index contributed by atoms with van der Waals surface area (Å²) in [6.07, 6.45) is -19.4. The molecule has 0 aliphatic carbocycles. The van der Waals surface area contributed by atoms with Gasteiger partial charge in [0.2, 0.25) is 47.5 Å². The summed E-state index contributed by atoms with van der Waals surface area (Å²) in [7, 11) is 1.16. The Balaban J connectivity index is 1.23. The average molecular weight is 1480 g/mol. The van der Waals surface area contributed by atoms with E-state index in [1.165, 1.54) is 13.8 Å². The first kappa shape index (κ1) is 75.9. The SMILES string of the molecule is CC(C)C[C@H](C(=O)N[C@H]1C(=O)N[C@H](C(=O)O)CC(=O)N[C@H]2C(=O)N[C@H]3C(=O)N[C@H](C(=O)N[C@@H](C(=O)O)c4cc(O)cc(O)c4-c4cc3ccc4O)[C@H](O)c3ccc(c(Cl)c3)Oc3cc2cc(c3O[C@H]2O[C@@H](CO)[C@@H](O)[C@@H](O)[C@@H]2O[C@H]2C[C@](C)(N)[C@H](O)[C@H](C)O2)Oc2ccc(cc2Cl)[C@H]1O)N(C)N=O. The maximum absolute atomic E-state index is 15.9. The van der Waals surface area contributed by atoms with E-state index in [4.69, 9.17) is 57.4 Å². The zero-order chi connectivity index (χ0) is 75.1. The van der Waals surface area contributed by atoms with Gasteiger partial charge in [0.15, 0.2) is 29.9 Å². The molecule has 12 rings (SSSR count). The number of ether oxygens (including phenoxy) is 6. The number of nitrogens with two attached hydrogens (primary N) is 1. The lowest BCUT2D eigenvalue weighted by Gasteiger charge is -2.47. The predicted molar refractivity (Wildman–Crippen MR) is 352 cm³/mol. The number of nitrogens with one attached hydrogen (secondary N) is 6. The minimum absolute atomic E-state index is 0.0536. The van der Waals surface area contributed by atoms with Gasteiger partial charge in [0.25, 0.3) is 0 Å². The third-order valence-electron chi connectivity index (χ3n) is 18.0. The van der Waals surface area contributed by atoms with E-state index >= 15 is 9.59 Å². The first-order chi connectivity index (χ1) is 48.6. The van der Waals surface area contributed by atoms with Crippen LogP contribution in [0, 0.1) is 10.8 Å². The van der Waals surface area contributed by atoms with Crippen LogP contribution in [0.3, 0.4) is 0 Å². The van der Waals surface area contributed by atoms with E-state index in [9.17, 15) is 89.8 Å². The van der Waals surface area contributed by atoms with Gasteiger partial charge in [-0.3, -0.25) is 33.8 Å². The lowest BCUT2D eigenvalue weighted by atomic mass is 9.86. The van der Waals surface area contributed by atoms with Crippen LogP contribution in [0.1, 0.15) is 105 Å². The number of hydrogen-bond acceptors (Lipinski definition) is 26. The van der Waals surface area contributed by atoms with Gasteiger partial charge in [-0.15, -0.1) is 4.91 Å². The van der Waals surface area contributed by atoms with E-state index < -0.39 is 248 Å². The Morgan fingerprint density at radius 1 is 0.728 bits per heavy atom. The second-order valence-electron chi connectivity index (χ2n) is 26.0. The van der Waals surface area contributed by atoms with Crippen LogP contribution < -0.4 is 51.8 Å². The summed E-state index contributed by atoms with van der Waals surface area (Å²) in [6.45, 7) is 5.37. The smallest absolute Gasteiger partial charge is 0.330 e. The van der Waals surface area contributed by atoms with Gasteiger partial charge in [0, 0.05) is 41.8 Å². The van der Waals surface area contributed by atoms with E-state index in [2.05, 4.69) is 37.2 Å². The largest absolute Gasteiger partial charge is 0.508 e. The Kier molecular flexibility index (Phi) is 22.6. The molecule has 7 heterocycles. The minimum Gasteiger partial charge on any atom is -0.508 e. The van der Waals surface area contributed by atoms with Crippen LogP contribution in [0.25, 0.3) is 11.1 Å². The molecule has 35 nitrogen and oxygen atoms in total. The molecule has 5 aromatic carbocycles. The van der Waals surface area contributed by atoms with Crippen molar-refractivity contribution in [1.29, 1.82) is 0 Å². The number of likely N-dealkylation sites (N-methyl/N-ethyl adjacent to an activating group) is 1. The molecule has 7 aliphatic heterocycles. The third-order valence-corrected chi connectivity index (χ3v) is 18.6. The molecule has 0 saturated carbocycles. The molecule has 11 bridgehead atoms. The van der Waals surface area contributed by atoms with Crippen molar-refractivity contribution in [1.82, 2.24) is 36.9 Å². The van der Waals surface area contributed by atoms with Crippen LogP contribution >= 0.6 is 23.2 Å². The number of aliphatic carboxylic acids is 2. The normalized spacial score (nSPS) is 29.1. The van der Waals surface area contributed by atoms with Crippen molar-refractivity contribution >= 4 is 70.6 Å². The Hall–Kier alpha value is -9.76. The molecule has 6 amide bonds. The number of phenolic OH excluding ortho intramolecular Hbond substituents is 3. The number of benzene rings is 5. The molecule has 37 heteroatoms. The van der Waals surface area contributed by atoms with Crippen molar-refractivity contribution < 1.29 is 123 Å². The highest BCUT2D eigenvalue weighted by Crippen LogP contribution is 2.50. The first-order valence-corrected chi connectivity index (χ1v) is 32.6. The number of aliphatic hydroxyl groups is 6. The first-order valence-electron chi connectivity index (χ1n) is 31.9. The Labute approximate surface area is 593 Å². The van der Waals surface area contributed by atoms with Crippen LogP contribution in [-0.2, 0) is 52.6 Å². The fourth-order valence-corrected chi connectivity index (χ4v) is 13.0. The molecular formula is C66H73Cl2N9O26. The van der Waals surface area contributed by atoms with E-state index in [0.717, 1.165) is 90.9 Å². The number of rotatable bonds is 13. The third kappa shape index (κ3) is 16.1. The number of phenols is 3. The van der Waals surface area contributed by atoms with E-state index in [1.807, 2.05) is 0 Å². The maximum Gasteiger partial charge on any atom is 0.330 e. The molecular weight excluding hydrogens is 1410 g/mol. The van der Waals surface area contributed by atoms with Gasteiger partial charge in [-0.2, -0.15) is 0 Å². The number of nitroso groups, excluding NO2 is 1. The molecule has 0 unspecified atom stereocenters. The average Bonchev–Trinajstić information content (AvgIpc) is 0.915. The molecule has 0 radical (unpaired) electrons. The number of fused-ring (bicyclic) bond motifs is 16. The fraction of sp³-hybridized carbons (Fsp3) is 0.424. The number of amides is 6. The lowest BCUT2D eigenvalue weighted by Crippen LogP contribution is -2.64. The number of carboxylic acids is 2. The van der Waals surface area contributed by atoms with E-state index in [-0.39, 0.29) is 35.4 Å². The maximum atomic E-state index is 15.9. The molecule has 5 aromatic rings. The minimum atomic E-state index is -2.35. The predicted octanol–water partition coefficient (Wildman–Crippen LogP) is 1.10. The Morgan fingerprint density at radius 3 is 1.92 bits per heavy atom. The summed E-state index contributed by atoms with van der Waals surface area (Å²) in [4.78, 5) is 128. The number of nitrogens with zero attached hydrogens (tertiary/aromatic N) is 2. The van der Waals surface area contributed by atoms with Crippen molar-refractivity contribution in [3.8, 4) is 57.1 Å². The summed E-state index contributed by atoms with van der Waals surface area (Å²) in [5.74, 6) is -17.6. The summed E-state index contributed by atoms with van der Waals surface area (Å²) in [5, 5.41) is 141. The topological polar surface area (TPSA) is 545 Å². The number of aromatic hydroxyl groups is 3. The van der Waals surface area contributed by atoms with Gasteiger partial charge < -0.3 is 122 Å². The molecule has 7 aliphatic rings. The Bertz CT molecular complexity index is 4170. The van der Waals surface area contributed by atoms with Crippen LogP contribution in [0.5, 0.6) is 46.0 Å². The highest BCUT2D eigenvalue weighted by atomic mass is 35.5. The van der Waals surface area contributed by atoms with Gasteiger partial charge in [-0.25, -0.2) is 9.59 Å². The van der Waals surface area contributed by atoms with Gasteiger partial charge in [-0.1, -0.05) is 55.2 Å². The molecule has 103 heavy (non-hydrogen) atoms. The molecule has 552 valence electrons. The second kappa shape index (κ2) is 30.7. The number of carboxylic acid groups (broad SMARTS) is 2. The zero-order valence-electron chi connectivity index (χ0n) is 55.0. The van der Waals surface area contributed by atoms with Gasteiger partial charge >= 0.3 is 11.9 Å². The van der Waals surface area contributed by atoms with Crippen LogP contribution in [0.15, 0.2) is 84.1 Å². The van der Waals surface area contributed by atoms with Crippen molar-refractivity contribution in [2.24, 2.45) is 16.9 Å². The number of hydrogen-bond donors (Lipinski definition) is 18. The Morgan fingerprint density at radius 2 is 1.34 bits per heavy atom. The van der Waals surface area contributed by atoms with Gasteiger partial charge in [0.1, 0.15) is 95.5 Å². The van der Waals surface area contributed by atoms with Gasteiger partial charge in [0.05, 0.1) is 40.6 Å². The molecule has 0 aromatic heterocycles. The van der Waals surface area contributed by atoms with Crippen molar-refractivity contribution in [2.45, 2.75) is 156 Å². The number of halogens is 2. The number of carbonyl (C=O) groups excluding carboxylic acids is 6. The van der Waals surface area contributed by atoms with Crippen molar-refractivity contribution in [3.05, 3.63) is 122 Å². The molecule has 2 fully saturated rings. The second-order valence-corrected chi connectivity index (χ2v) is 26.8. The number of aliphatic hydroxyl groups excluding tert-OH is 6. The van der Waals surface area contributed by atoms with E-state index in [0.29, 0.717) is 0 Å². The molecule has 0 spiro atoms. The van der Waals surface area contributed by atoms with Crippen LogP contribution in [0.2, 0.25) is 10.0 Å². The van der Waals surface area contributed by atoms with Crippen LogP contribution in [-0.4, -0.2) is 201 Å². The lowest BCUT2D eigenvalue weighted by molar-refractivity contribution is -0.333. The summed E-state index contributed by atoms with van der Waals surface area (Å²) < 4.78 is 38.2. The van der Waals surface area contributed by atoms with Crippen molar-refractivity contribution in [2.75, 3.05) is 13.7 Å². The zero-order valence-corrected chi connectivity index (χ0v) is 56.5. The highest BCUT2D eigenvalue weighted by molar-refractivity contribution is 6.32. The molecule has 19 N–H and O–H groups in total. The van der Waals surface area contributed by atoms with E-state index in [1.54, 1.807) is 13.8 Å².